The van der Waals surface area contributed by atoms with Crippen LogP contribution in [0.15, 0.2) is 24.7 Å². The van der Waals surface area contributed by atoms with Crippen molar-refractivity contribution in [3.63, 3.8) is 0 Å². The van der Waals surface area contributed by atoms with Crippen LogP contribution in [0, 0.1) is 11.8 Å². The molecule has 0 atom stereocenters. The summed E-state index contributed by atoms with van der Waals surface area (Å²) in [6.45, 7) is 3.68. The fourth-order valence-corrected chi connectivity index (χ4v) is 3.87. The van der Waals surface area contributed by atoms with E-state index >= 15 is 0 Å². The number of nitrogens with zero attached hydrogens (tertiary/aromatic N) is 3. The van der Waals surface area contributed by atoms with Gasteiger partial charge in [0.25, 0.3) is 0 Å². The van der Waals surface area contributed by atoms with E-state index in [0.29, 0.717) is 47.0 Å². The molecule has 8 nitrogen and oxygen atoms in total. The average Bonchev–Trinajstić information content (AvgIpc) is 2.80. The monoisotopic (exact) mass is 431 g/mol. The van der Waals surface area contributed by atoms with Crippen molar-refractivity contribution in [1.82, 2.24) is 15.0 Å². The van der Waals surface area contributed by atoms with Crippen LogP contribution in [-0.4, -0.2) is 53.8 Å². The van der Waals surface area contributed by atoms with Crippen molar-refractivity contribution in [3.05, 3.63) is 29.7 Å². The molecule has 2 aliphatic rings. The summed E-state index contributed by atoms with van der Waals surface area (Å²) in [5.41, 5.74) is 1.30. The quantitative estimate of drug-likeness (QED) is 0.723. The molecule has 0 radical (unpaired) electrons. The molecule has 0 aromatic carbocycles. The third-order valence-corrected chi connectivity index (χ3v) is 5.82. The molecule has 2 saturated heterocycles. The van der Waals surface area contributed by atoms with Gasteiger partial charge in [0.1, 0.15) is 11.6 Å². The Balaban J connectivity index is 1.45. The Morgan fingerprint density at radius 1 is 1.03 bits per heavy atom. The second-order valence-corrected chi connectivity index (χ2v) is 8.06. The Morgan fingerprint density at radius 3 is 2.53 bits per heavy atom. The molecule has 2 fully saturated rings. The zero-order chi connectivity index (χ0) is 20.8. The molecule has 0 unspecified atom stereocenters. The smallest absolute Gasteiger partial charge is 0.228 e. The molecule has 0 saturated carbocycles. The summed E-state index contributed by atoms with van der Waals surface area (Å²) in [5, 5.41) is 6.71. The van der Waals surface area contributed by atoms with Crippen molar-refractivity contribution in [1.29, 1.82) is 0 Å². The van der Waals surface area contributed by atoms with Gasteiger partial charge in [0.2, 0.25) is 5.91 Å². The van der Waals surface area contributed by atoms with Crippen molar-refractivity contribution >= 4 is 29.1 Å². The standard InChI is InChI=1S/C21H26ClN5O3/c22-17-11-25-19(27-21(28)15-3-7-30-8-4-15)9-16(17)18-12-23-13-20(26-18)24-10-14-1-5-29-6-2-14/h9,11-15H,1-8,10H2,(H,24,26)(H,25,27,28). The van der Waals surface area contributed by atoms with E-state index in [1.54, 1.807) is 18.5 Å². The number of hydrogen-bond donors (Lipinski definition) is 2. The lowest BCUT2D eigenvalue weighted by Crippen LogP contribution is -2.28. The van der Waals surface area contributed by atoms with Gasteiger partial charge >= 0.3 is 0 Å². The molecule has 4 heterocycles. The molecular formula is C21H26ClN5O3. The van der Waals surface area contributed by atoms with Crippen LogP contribution in [0.1, 0.15) is 25.7 Å². The lowest BCUT2D eigenvalue weighted by molar-refractivity contribution is -0.122. The van der Waals surface area contributed by atoms with E-state index in [0.717, 1.165) is 45.4 Å². The molecule has 9 heteroatoms. The number of carbonyl (C=O) groups excluding carboxylic acids is 1. The Kier molecular flexibility index (Phi) is 7.09. The summed E-state index contributed by atoms with van der Waals surface area (Å²) in [4.78, 5) is 25.7. The molecule has 1 amide bonds. The van der Waals surface area contributed by atoms with Crippen LogP contribution in [0.25, 0.3) is 11.3 Å². The highest BCUT2D eigenvalue weighted by molar-refractivity contribution is 6.33. The number of aromatic nitrogens is 3. The Labute approximate surface area is 180 Å². The van der Waals surface area contributed by atoms with Gasteiger partial charge in [-0.25, -0.2) is 9.97 Å². The van der Waals surface area contributed by atoms with Crippen LogP contribution in [0.4, 0.5) is 11.6 Å². The summed E-state index contributed by atoms with van der Waals surface area (Å²) in [6, 6.07) is 1.74. The molecule has 2 N–H and O–H groups in total. The number of amides is 1. The van der Waals surface area contributed by atoms with Crippen LogP contribution in [0.5, 0.6) is 0 Å². The summed E-state index contributed by atoms with van der Waals surface area (Å²) < 4.78 is 10.7. The Hall–Kier alpha value is -2.29. The molecule has 4 rings (SSSR count). The highest BCUT2D eigenvalue weighted by atomic mass is 35.5. The first kappa shape index (κ1) is 21.0. The minimum absolute atomic E-state index is 0.0444. The van der Waals surface area contributed by atoms with E-state index in [-0.39, 0.29) is 11.8 Å². The summed E-state index contributed by atoms with van der Waals surface area (Å²) in [5.74, 6) is 1.61. The van der Waals surface area contributed by atoms with Gasteiger partial charge in [-0.15, -0.1) is 0 Å². The largest absolute Gasteiger partial charge is 0.381 e. The molecule has 2 aromatic heterocycles. The number of pyridine rings is 1. The number of ether oxygens (including phenoxy) is 2. The highest BCUT2D eigenvalue weighted by Gasteiger charge is 2.22. The lowest BCUT2D eigenvalue weighted by atomic mass is 9.99. The second kappa shape index (κ2) is 10.1. The van der Waals surface area contributed by atoms with E-state index in [4.69, 9.17) is 21.1 Å². The van der Waals surface area contributed by atoms with Gasteiger partial charge in [-0.1, -0.05) is 11.6 Å². The predicted molar refractivity (Wildman–Crippen MR) is 114 cm³/mol. The van der Waals surface area contributed by atoms with E-state index in [1.807, 2.05) is 0 Å². The molecular weight excluding hydrogens is 406 g/mol. The van der Waals surface area contributed by atoms with Gasteiger partial charge in [-0.2, -0.15) is 0 Å². The lowest BCUT2D eigenvalue weighted by Gasteiger charge is -2.22. The zero-order valence-corrected chi connectivity index (χ0v) is 17.5. The average molecular weight is 432 g/mol. The minimum Gasteiger partial charge on any atom is -0.381 e. The maximum atomic E-state index is 12.5. The number of hydrogen-bond acceptors (Lipinski definition) is 7. The van der Waals surface area contributed by atoms with Gasteiger partial charge < -0.3 is 20.1 Å². The fraction of sp³-hybridized carbons (Fsp3) is 0.524. The SMILES string of the molecule is O=C(Nc1cc(-c2cncc(NCC3CCOCC3)n2)c(Cl)cn1)C1CCOCC1. The number of carbonyl (C=O) groups is 1. The topological polar surface area (TPSA) is 98.3 Å². The number of nitrogens with one attached hydrogen (secondary N) is 2. The Morgan fingerprint density at radius 2 is 1.77 bits per heavy atom. The maximum absolute atomic E-state index is 12.5. The molecule has 0 aliphatic carbocycles. The molecule has 2 aromatic rings. The van der Waals surface area contributed by atoms with Gasteiger partial charge in [-0.3, -0.25) is 9.78 Å². The molecule has 0 bridgehead atoms. The fourth-order valence-electron chi connectivity index (χ4n) is 3.67. The van der Waals surface area contributed by atoms with E-state index in [1.165, 1.54) is 6.20 Å². The first-order chi connectivity index (χ1) is 14.7. The van der Waals surface area contributed by atoms with Crippen molar-refractivity contribution in [3.8, 4) is 11.3 Å². The van der Waals surface area contributed by atoms with Crippen LogP contribution in [0.2, 0.25) is 5.02 Å². The maximum Gasteiger partial charge on any atom is 0.228 e. The predicted octanol–water partition coefficient (Wildman–Crippen LogP) is 3.40. The number of rotatable bonds is 6. The first-order valence-corrected chi connectivity index (χ1v) is 10.7. The van der Waals surface area contributed by atoms with E-state index < -0.39 is 0 Å². The summed E-state index contributed by atoms with van der Waals surface area (Å²) in [6.07, 6.45) is 8.42. The number of anilines is 2. The Bertz CT molecular complexity index is 869. The summed E-state index contributed by atoms with van der Waals surface area (Å²) in [7, 11) is 0. The van der Waals surface area contributed by atoms with Crippen LogP contribution in [-0.2, 0) is 14.3 Å². The van der Waals surface area contributed by atoms with Crippen LogP contribution < -0.4 is 10.6 Å². The second-order valence-electron chi connectivity index (χ2n) is 7.65. The zero-order valence-electron chi connectivity index (χ0n) is 16.8. The first-order valence-electron chi connectivity index (χ1n) is 10.4. The van der Waals surface area contributed by atoms with Crippen molar-refractivity contribution < 1.29 is 14.3 Å². The molecule has 160 valence electrons. The van der Waals surface area contributed by atoms with Gasteiger partial charge in [-0.05, 0) is 37.7 Å². The van der Waals surface area contributed by atoms with Crippen molar-refractivity contribution in [2.45, 2.75) is 25.7 Å². The molecule has 0 spiro atoms. The van der Waals surface area contributed by atoms with Crippen molar-refractivity contribution in [2.24, 2.45) is 11.8 Å². The number of halogens is 1. The van der Waals surface area contributed by atoms with Crippen molar-refractivity contribution in [2.75, 3.05) is 43.6 Å². The molecule has 2 aliphatic heterocycles. The van der Waals surface area contributed by atoms with E-state index in [2.05, 4.69) is 25.6 Å². The van der Waals surface area contributed by atoms with Crippen LogP contribution >= 0.6 is 11.6 Å². The highest BCUT2D eigenvalue weighted by Crippen LogP contribution is 2.29. The normalized spacial score (nSPS) is 18.2. The van der Waals surface area contributed by atoms with Gasteiger partial charge in [0.15, 0.2) is 0 Å². The van der Waals surface area contributed by atoms with Gasteiger partial charge in [0.05, 0.1) is 23.1 Å². The minimum atomic E-state index is -0.0582. The van der Waals surface area contributed by atoms with Gasteiger partial charge in [0, 0.05) is 50.7 Å². The molecule has 30 heavy (non-hydrogen) atoms. The van der Waals surface area contributed by atoms with E-state index in [9.17, 15) is 4.79 Å². The third kappa shape index (κ3) is 5.44. The van der Waals surface area contributed by atoms with Crippen LogP contribution in [0.3, 0.4) is 0 Å². The summed E-state index contributed by atoms with van der Waals surface area (Å²) >= 11 is 6.37. The third-order valence-electron chi connectivity index (χ3n) is 5.52.